The van der Waals surface area contributed by atoms with E-state index in [-0.39, 0.29) is 5.41 Å². The van der Waals surface area contributed by atoms with Crippen LogP contribution in [0.3, 0.4) is 0 Å². The first kappa shape index (κ1) is 13.5. The van der Waals surface area contributed by atoms with E-state index in [1.54, 1.807) is 11.3 Å². The second-order valence-electron chi connectivity index (χ2n) is 5.65. The van der Waals surface area contributed by atoms with Crippen molar-refractivity contribution in [1.29, 1.82) is 0 Å². The van der Waals surface area contributed by atoms with Gasteiger partial charge in [-0.15, -0.1) is 11.3 Å². The summed E-state index contributed by atoms with van der Waals surface area (Å²) < 4.78 is 0. The largest absolute Gasteiger partial charge is 0.480 e. The number of likely N-dealkylation sites (tertiary alicyclic amines) is 1. The van der Waals surface area contributed by atoms with Gasteiger partial charge in [-0.3, -0.25) is 9.69 Å². The Labute approximate surface area is 112 Å². The second-order valence-corrected chi connectivity index (χ2v) is 6.97. The summed E-state index contributed by atoms with van der Waals surface area (Å²) in [5.41, 5.74) is -0.163. The van der Waals surface area contributed by atoms with Crippen molar-refractivity contribution in [3.63, 3.8) is 0 Å². The number of carbonyl (C=O) groups is 1. The lowest BCUT2D eigenvalue weighted by atomic mass is 9.76. The molecule has 0 spiro atoms. The highest BCUT2D eigenvalue weighted by atomic mass is 32.1. The van der Waals surface area contributed by atoms with E-state index in [1.165, 1.54) is 0 Å². The fourth-order valence-electron chi connectivity index (χ4n) is 2.84. The molecule has 0 amide bonds. The predicted octanol–water partition coefficient (Wildman–Crippen LogP) is 2.53. The zero-order valence-corrected chi connectivity index (χ0v) is 12.0. The normalized spacial score (nSPS) is 24.1. The SMILES string of the molecule is Cc1ncc(CN2CCCC(C)(C)C2C(=O)O)s1. The van der Waals surface area contributed by atoms with Gasteiger partial charge in [-0.05, 0) is 31.7 Å². The molecule has 1 aromatic heterocycles. The van der Waals surface area contributed by atoms with Crippen molar-refractivity contribution in [2.24, 2.45) is 5.41 Å². The molecule has 100 valence electrons. The molecule has 1 unspecified atom stereocenters. The molecule has 5 heteroatoms. The number of hydrogen-bond acceptors (Lipinski definition) is 4. The third kappa shape index (κ3) is 2.72. The quantitative estimate of drug-likeness (QED) is 0.915. The van der Waals surface area contributed by atoms with Crippen molar-refractivity contribution in [2.45, 2.75) is 46.2 Å². The highest BCUT2D eigenvalue weighted by Gasteiger charge is 2.42. The van der Waals surface area contributed by atoms with Crippen molar-refractivity contribution in [2.75, 3.05) is 6.54 Å². The number of carboxylic acids is 1. The van der Waals surface area contributed by atoms with E-state index >= 15 is 0 Å². The van der Waals surface area contributed by atoms with Crippen LogP contribution >= 0.6 is 11.3 Å². The standard InChI is InChI=1S/C13H20N2O2S/c1-9-14-7-10(18-9)8-15-6-4-5-13(2,3)11(15)12(16)17/h7,11H,4-6,8H2,1-3H3,(H,16,17). The first-order valence-electron chi connectivity index (χ1n) is 6.28. The van der Waals surface area contributed by atoms with Gasteiger partial charge in [-0.1, -0.05) is 13.8 Å². The average Bonchev–Trinajstić information content (AvgIpc) is 2.61. The van der Waals surface area contributed by atoms with Gasteiger partial charge in [0.2, 0.25) is 0 Å². The topological polar surface area (TPSA) is 53.4 Å². The summed E-state index contributed by atoms with van der Waals surface area (Å²) in [5.74, 6) is -0.707. The van der Waals surface area contributed by atoms with Crippen LogP contribution < -0.4 is 0 Å². The third-order valence-corrected chi connectivity index (χ3v) is 4.53. The molecule has 1 aromatic rings. The second kappa shape index (κ2) is 4.97. The maximum atomic E-state index is 11.5. The predicted molar refractivity (Wildman–Crippen MR) is 71.7 cm³/mol. The Kier molecular flexibility index (Phi) is 3.73. The molecule has 1 aliphatic heterocycles. The van der Waals surface area contributed by atoms with E-state index in [2.05, 4.69) is 23.7 Å². The maximum Gasteiger partial charge on any atom is 0.321 e. The van der Waals surface area contributed by atoms with Crippen LogP contribution in [0, 0.1) is 12.3 Å². The molecule has 2 heterocycles. The van der Waals surface area contributed by atoms with Crippen molar-refractivity contribution in [3.05, 3.63) is 16.1 Å². The number of carboxylic acid groups (broad SMARTS) is 1. The minimum Gasteiger partial charge on any atom is -0.480 e. The van der Waals surface area contributed by atoms with E-state index in [9.17, 15) is 9.90 Å². The zero-order valence-electron chi connectivity index (χ0n) is 11.1. The molecule has 0 bridgehead atoms. The van der Waals surface area contributed by atoms with Gasteiger partial charge in [0.15, 0.2) is 0 Å². The molecular formula is C13H20N2O2S. The van der Waals surface area contributed by atoms with Gasteiger partial charge < -0.3 is 5.11 Å². The van der Waals surface area contributed by atoms with Gasteiger partial charge in [0.25, 0.3) is 0 Å². The van der Waals surface area contributed by atoms with Gasteiger partial charge >= 0.3 is 5.97 Å². The molecule has 1 saturated heterocycles. The van der Waals surface area contributed by atoms with Gasteiger partial charge in [-0.2, -0.15) is 0 Å². The highest BCUT2D eigenvalue weighted by Crippen LogP contribution is 2.36. The summed E-state index contributed by atoms with van der Waals surface area (Å²) in [7, 11) is 0. The van der Waals surface area contributed by atoms with Crippen molar-refractivity contribution >= 4 is 17.3 Å². The first-order chi connectivity index (χ1) is 8.40. The molecule has 1 N–H and O–H groups in total. The summed E-state index contributed by atoms with van der Waals surface area (Å²) in [5, 5.41) is 10.5. The molecule has 0 radical (unpaired) electrons. The number of thiazole rings is 1. The number of aromatic nitrogens is 1. The lowest BCUT2D eigenvalue weighted by molar-refractivity contribution is -0.151. The van der Waals surface area contributed by atoms with Crippen LogP contribution in [0.2, 0.25) is 0 Å². The maximum absolute atomic E-state index is 11.5. The summed E-state index contributed by atoms with van der Waals surface area (Å²) >= 11 is 1.65. The van der Waals surface area contributed by atoms with E-state index in [0.29, 0.717) is 6.54 Å². The molecule has 0 aromatic carbocycles. The minimum absolute atomic E-state index is 0.163. The van der Waals surface area contributed by atoms with Crippen molar-refractivity contribution in [3.8, 4) is 0 Å². The molecular weight excluding hydrogens is 248 g/mol. The van der Waals surface area contributed by atoms with Gasteiger partial charge in [0.1, 0.15) is 6.04 Å². The Bertz CT molecular complexity index is 442. The lowest BCUT2D eigenvalue weighted by Crippen LogP contribution is -2.53. The zero-order chi connectivity index (χ0) is 13.3. The Balaban J connectivity index is 2.17. The molecule has 1 fully saturated rings. The summed E-state index contributed by atoms with van der Waals surface area (Å²) in [4.78, 5) is 19.0. The van der Waals surface area contributed by atoms with Crippen LogP contribution in [0.5, 0.6) is 0 Å². The van der Waals surface area contributed by atoms with Crippen LogP contribution in [-0.2, 0) is 11.3 Å². The fraction of sp³-hybridized carbons (Fsp3) is 0.692. The number of rotatable bonds is 3. The molecule has 0 aliphatic carbocycles. The Morgan fingerprint density at radius 2 is 2.39 bits per heavy atom. The first-order valence-corrected chi connectivity index (χ1v) is 7.10. The number of nitrogens with zero attached hydrogens (tertiary/aromatic N) is 2. The van der Waals surface area contributed by atoms with E-state index in [0.717, 1.165) is 29.3 Å². The van der Waals surface area contributed by atoms with Gasteiger partial charge in [0, 0.05) is 17.6 Å². The molecule has 1 aliphatic rings. The fourth-order valence-corrected chi connectivity index (χ4v) is 3.66. The van der Waals surface area contributed by atoms with E-state index in [1.807, 2.05) is 13.1 Å². The van der Waals surface area contributed by atoms with Crippen LogP contribution in [0.4, 0.5) is 0 Å². The highest BCUT2D eigenvalue weighted by molar-refractivity contribution is 7.11. The number of piperidine rings is 1. The Morgan fingerprint density at radius 1 is 1.67 bits per heavy atom. The van der Waals surface area contributed by atoms with E-state index < -0.39 is 12.0 Å². The molecule has 4 nitrogen and oxygen atoms in total. The Morgan fingerprint density at radius 3 is 2.94 bits per heavy atom. The number of hydrogen-bond donors (Lipinski definition) is 1. The number of aryl methyl sites for hydroxylation is 1. The summed E-state index contributed by atoms with van der Waals surface area (Å²) in [6, 6.07) is -0.395. The van der Waals surface area contributed by atoms with Crippen molar-refractivity contribution < 1.29 is 9.90 Å². The van der Waals surface area contributed by atoms with Crippen LogP contribution in [-0.4, -0.2) is 33.5 Å². The molecule has 18 heavy (non-hydrogen) atoms. The molecule has 0 saturated carbocycles. The van der Waals surface area contributed by atoms with Crippen LogP contribution in [0.25, 0.3) is 0 Å². The third-order valence-electron chi connectivity index (χ3n) is 3.63. The van der Waals surface area contributed by atoms with Crippen LogP contribution in [0.15, 0.2) is 6.20 Å². The van der Waals surface area contributed by atoms with Crippen LogP contribution in [0.1, 0.15) is 36.6 Å². The summed E-state index contributed by atoms with van der Waals surface area (Å²) in [6.07, 6.45) is 3.90. The molecule has 2 rings (SSSR count). The van der Waals surface area contributed by atoms with Crippen molar-refractivity contribution in [1.82, 2.24) is 9.88 Å². The lowest BCUT2D eigenvalue weighted by Gasteiger charge is -2.43. The average molecular weight is 268 g/mol. The minimum atomic E-state index is -0.707. The van der Waals surface area contributed by atoms with Gasteiger partial charge in [0.05, 0.1) is 5.01 Å². The summed E-state index contributed by atoms with van der Waals surface area (Å²) in [6.45, 7) is 7.64. The molecule has 1 atom stereocenters. The Hall–Kier alpha value is -0.940. The van der Waals surface area contributed by atoms with E-state index in [4.69, 9.17) is 0 Å². The van der Waals surface area contributed by atoms with Gasteiger partial charge in [-0.25, -0.2) is 4.98 Å². The smallest absolute Gasteiger partial charge is 0.321 e. The monoisotopic (exact) mass is 268 g/mol. The number of aliphatic carboxylic acids is 1.